The number of rotatable bonds is 1. The van der Waals surface area contributed by atoms with Gasteiger partial charge >= 0.3 is 0 Å². The zero-order valence-corrected chi connectivity index (χ0v) is 7.52. The van der Waals surface area contributed by atoms with E-state index >= 15 is 0 Å². The van der Waals surface area contributed by atoms with Crippen LogP contribution < -0.4 is 0 Å². The number of aromatic amines is 1. The summed E-state index contributed by atoms with van der Waals surface area (Å²) in [6, 6.07) is 3.82. The summed E-state index contributed by atoms with van der Waals surface area (Å²) in [6.45, 7) is 2.12. The predicted molar refractivity (Wildman–Crippen MR) is 50.5 cm³/mol. The molecule has 2 nitrogen and oxygen atoms in total. The van der Waals surface area contributed by atoms with Gasteiger partial charge in [-0.2, -0.15) is 0 Å². The van der Waals surface area contributed by atoms with E-state index in [1.54, 1.807) is 0 Å². The summed E-state index contributed by atoms with van der Waals surface area (Å²) in [5.41, 5.74) is 2.16. The van der Waals surface area contributed by atoms with Crippen LogP contribution in [0.2, 0.25) is 5.15 Å². The van der Waals surface area contributed by atoms with Gasteiger partial charge in [0.15, 0.2) is 0 Å². The molecule has 0 saturated carbocycles. The lowest BCUT2D eigenvalue weighted by Crippen LogP contribution is -1.78. The summed E-state index contributed by atoms with van der Waals surface area (Å²) in [5, 5.41) is 1.70. The van der Waals surface area contributed by atoms with Crippen molar-refractivity contribution in [1.82, 2.24) is 9.97 Å². The van der Waals surface area contributed by atoms with Gasteiger partial charge in [0.25, 0.3) is 0 Å². The van der Waals surface area contributed by atoms with Crippen molar-refractivity contribution in [2.75, 3.05) is 0 Å². The van der Waals surface area contributed by atoms with Gasteiger partial charge in [-0.3, -0.25) is 0 Å². The molecule has 0 aliphatic rings. The molecule has 0 saturated heterocycles. The molecular weight excluding hydrogens is 172 g/mol. The zero-order chi connectivity index (χ0) is 8.55. The minimum absolute atomic E-state index is 0.534. The third kappa shape index (κ3) is 1.08. The van der Waals surface area contributed by atoms with Crippen molar-refractivity contribution in [2.45, 2.75) is 13.3 Å². The zero-order valence-electron chi connectivity index (χ0n) is 6.76. The Hall–Kier alpha value is -1.02. The predicted octanol–water partition coefficient (Wildman–Crippen LogP) is 2.78. The van der Waals surface area contributed by atoms with Crippen LogP contribution in [0.15, 0.2) is 18.3 Å². The number of hydrogen-bond acceptors (Lipinski definition) is 1. The van der Waals surface area contributed by atoms with Crippen molar-refractivity contribution >= 4 is 22.6 Å². The van der Waals surface area contributed by atoms with Crippen molar-refractivity contribution in [1.29, 1.82) is 0 Å². The number of pyridine rings is 1. The normalized spacial score (nSPS) is 10.8. The van der Waals surface area contributed by atoms with E-state index < -0.39 is 0 Å². The SMILES string of the molecule is CCc1c[nH]c2nc(Cl)ccc12. The number of aryl methyl sites for hydroxylation is 1. The number of halogens is 1. The van der Waals surface area contributed by atoms with Gasteiger partial charge in [0.2, 0.25) is 0 Å². The van der Waals surface area contributed by atoms with Gasteiger partial charge in [-0.25, -0.2) is 4.98 Å². The first-order valence-electron chi connectivity index (χ1n) is 3.93. The quantitative estimate of drug-likeness (QED) is 0.672. The number of nitrogens with one attached hydrogen (secondary N) is 1. The van der Waals surface area contributed by atoms with E-state index in [9.17, 15) is 0 Å². The van der Waals surface area contributed by atoms with Crippen LogP contribution in [0, 0.1) is 0 Å². The third-order valence-corrected chi connectivity index (χ3v) is 2.18. The minimum atomic E-state index is 0.534. The Kier molecular flexibility index (Phi) is 1.77. The second-order valence-corrected chi connectivity index (χ2v) is 3.08. The molecule has 2 aromatic heterocycles. The van der Waals surface area contributed by atoms with E-state index in [2.05, 4.69) is 16.9 Å². The Bertz CT molecular complexity index is 406. The Labute approximate surface area is 75.6 Å². The maximum Gasteiger partial charge on any atom is 0.139 e. The molecule has 0 aliphatic carbocycles. The fourth-order valence-electron chi connectivity index (χ4n) is 1.33. The summed E-state index contributed by atoms with van der Waals surface area (Å²) >= 11 is 5.74. The topological polar surface area (TPSA) is 28.7 Å². The van der Waals surface area contributed by atoms with Crippen LogP contribution >= 0.6 is 11.6 Å². The molecule has 1 N–H and O–H groups in total. The van der Waals surface area contributed by atoms with E-state index in [1.165, 1.54) is 10.9 Å². The van der Waals surface area contributed by atoms with Crippen molar-refractivity contribution in [2.24, 2.45) is 0 Å². The molecular formula is C9H9ClN2. The maximum absolute atomic E-state index is 5.74. The maximum atomic E-state index is 5.74. The van der Waals surface area contributed by atoms with Gasteiger partial charge in [0.05, 0.1) is 0 Å². The summed E-state index contributed by atoms with van der Waals surface area (Å²) in [7, 11) is 0. The smallest absolute Gasteiger partial charge is 0.139 e. The van der Waals surface area contributed by atoms with Crippen molar-refractivity contribution in [3.8, 4) is 0 Å². The number of aromatic nitrogens is 2. The summed E-state index contributed by atoms with van der Waals surface area (Å²) < 4.78 is 0. The second kappa shape index (κ2) is 2.79. The summed E-state index contributed by atoms with van der Waals surface area (Å²) in [4.78, 5) is 7.24. The first-order valence-corrected chi connectivity index (χ1v) is 4.31. The standard InChI is InChI=1S/C9H9ClN2/c1-2-6-5-11-9-7(6)3-4-8(10)12-9/h3-5H,2H2,1H3,(H,11,12). The molecule has 2 rings (SSSR count). The van der Waals surface area contributed by atoms with Gasteiger partial charge in [-0.15, -0.1) is 0 Å². The first kappa shape index (κ1) is 7.62. The van der Waals surface area contributed by atoms with Crippen LogP contribution in [0.4, 0.5) is 0 Å². The van der Waals surface area contributed by atoms with Crippen molar-refractivity contribution in [3.05, 3.63) is 29.0 Å². The Morgan fingerprint density at radius 3 is 3.08 bits per heavy atom. The molecule has 62 valence electrons. The van der Waals surface area contributed by atoms with Crippen LogP contribution in [-0.2, 0) is 6.42 Å². The molecule has 0 atom stereocenters. The average molecular weight is 181 g/mol. The van der Waals surface area contributed by atoms with Gasteiger partial charge in [-0.05, 0) is 24.1 Å². The molecule has 0 fully saturated rings. The fraction of sp³-hybridized carbons (Fsp3) is 0.222. The van der Waals surface area contributed by atoms with E-state index in [0.717, 1.165) is 12.1 Å². The molecule has 0 amide bonds. The van der Waals surface area contributed by atoms with Crippen LogP contribution in [0.5, 0.6) is 0 Å². The van der Waals surface area contributed by atoms with Crippen molar-refractivity contribution in [3.63, 3.8) is 0 Å². The number of nitrogens with zero attached hydrogens (tertiary/aromatic N) is 1. The molecule has 0 aliphatic heterocycles. The number of H-pyrrole nitrogens is 1. The molecule has 2 heterocycles. The highest BCUT2D eigenvalue weighted by Crippen LogP contribution is 2.18. The van der Waals surface area contributed by atoms with E-state index in [4.69, 9.17) is 11.6 Å². The molecule has 0 radical (unpaired) electrons. The van der Waals surface area contributed by atoms with Gasteiger partial charge in [-0.1, -0.05) is 18.5 Å². The van der Waals surface area contributed by atoms with Crippen LogP contribution in [0.3, 0.4) is 0 Å². The number of hydrogen-bond donors (Lipinski definition) is 1. The average Bonchev–Trinajstić information content (AvgIpc) is 2.46. The molecule has 12 heavy (non-hydrogen) atoms. The molecule has 0 bridgehead atoms. The lowest BCUT2D eigenvalue weighted by atomic mass is 10.2. The van der Waals surface area contributed by atoms with Gasteiger partial charge in [0, 0.05) is 11.6 Å². The van der Waals surface area contributed by atoms with E-state index in [1.807, 2.05) is 18.3 Å². The highest BCUT2D eigenvalue weighted by Gasteiger charge is 2.02. The highest BCUT2D eigenvalue weighted by atomic mass is 35.5. The van der Waals surface area contributed by atoms with E-state index in [-0.39, 0.29) is 0 Å². The minimum Gasteiger partial charge on any atom is -0.346 e. The molecule has 0 unspecified atom stereocenters. The second-order valence-electron chi connectivity index (χ2n) is 2.70. The summed E-state index contributed by atoms with van der Waals surface area (Å²) in [5.74, 6) is 0. The Balaban J connectivity index is 2.73. The largest absolute Gasteiger partial charge is 0.346 e. The lowest BCUT2D eigenvalue weighted by molar-refractivity contribution is 1.15. The van der Waals surface area contributed by atoms with Gasteiger partial charge < -0.3 is 4.98 Å². The van der Waals surface area contributed by atoms with Crippen LogP contribution in [0.25, 0.3) is 11.0 Å². The Morgan fingerprint density at radius 2 is 2.33 bits per heavy atom. The monoisotopic (exact) mass is 180 g/mol. The third-order valence-electron chi connectivity index (χ3n) is 1.97. The number of fused-ring (bicyclic) bond motifs is 1. The fourth-order valence-corrected chi connectivity index (χ4v) is 1.48. The van der Waals surface area contributed by atoms with E-state index in [0.29, 0.717) is 5.15 Å². The first-order chi connectivity index (χ1) is 5.81. The van der Waals surface area contributed by atoms with Crippen LogP contribution in [-0.4, -0.2) is 9.97 Å². The highest BCUT2D eigenvalue weighted by molar-refractivity contribution is 6.29. The lowest BCUT2D eigenvalue weighted by Gasteiger charge is -1.92. The summed E-state index contributed by atoms with van der Waals surface area (Å²) in [6.07, 6.45) is 3.00. The van der Waals surface area contributed by atoms with Crippen LogP contribution in [0.1, 0.15) is 12.5 Å². The molecule has 0 aromatic carbocycles. The molecule has 0 spiro atoms. The molecule has 3 heteroatoms. The van der Waals surface area contributed by atoms with Crippen molar-refractivity contribution < 1.29 is 0 Å². The van der Waals surface area contributed by atoms with Gasteiger partial charge in [0.1, 0.15) is 10.8 Å². The molecule has 2 aromatic rings. The Morgan fingerprint density at radius 1 is 1.50 bits per heavy atom.